The molecule has 0 aliphatic heterocycles. The summed E-state index contributed by atoms with van der Waals surface area (Å²) in [5.74, 6) is -0.357. The summed E-state index contributed by atoms with van der Waals surface area (Å²) < 4.78 is 28.7. The van der Waals surface area contributed by atoms with Crippen LogP contribution in [-0.4, -0.2) is 33.6 Å². The fraction of sp³-hybridized carbons (Fsp3) is 0.462. The molecule has 0 saturated heterocycles. The van der Waals surface area contributed by atoms with Crippen LogP contribution in [0.3, 0.4) is 0 Å². The molecule has 0 aromatic heterocycles. The van der Waals surface area contributed by atoms with Crippen molar-refractivity contribution in [3.63, 3.8) is 0 Å². The molecule has 1 amide bonds. The van der Waals surface area contributed by atoms with Crippen molar-refractivity contribution in [2.45, 2.75) is 29.8 Å². The fourth-order valence-electron chi connectivity index (χ4n) is 2.23. The number of halogens is 1. The van der Waals surface area contributed by atoms with Crippen molar-refractivity contribution in [2.75, 3.05) is 13.7 Å². The number of benzene rings is 1. The molecule has 1 aliphatic rings. The van der Waals surface area contributed by atoms with Crippen LogP contribution in [0.5, 0.6) is 0 Å². The Labute approximate surface area is 132 Å². The van der Waals surface area contributed by atoms with Crippen LogP contribution >= 0.6 is 15.9 Å². The molecule has 1 aliphatic carbocycles. The van der Waals surface area contributed by atoms with Gasteiger partial charge in [0.2, 0.25) is 10.0 Å². The number of sulfonamides is 1. The third kappa shape index (κ3) is 3.82. The molecular formula is C13H17BrN2O4S. The summed E-state index contributed by atoms with van der Waals surface area (Å²) in [6.07, 6.45) is 2.89. The average molecular weight is 377 g/mol. The molecule has 0 heterocycles. The Kier molecular flexibility index (Phi) is 4.72. The van der Waals surface area contributed by atoms with E-state index in [1.807, 2.05) is 0 Å². The molecule has 0 bridgehead atoms. The topological polar surface area (TPSA) is 98.5 Å². The lowest BCUT2D eigenvalue weighted by atomic mass is 9.80. The molecule has 1 aromatic rings. The zero-order chi connectivity index (χ0) is 15.7. The number of amides is 1. The summed E-state index contributed by atoms with van der Waals surface area (Å²) >= 11 is 3.18. The first-order valence-electron chi connectivity index (χ1n) is 6.42. The monoisotopic (exact) mass is 376 g/mol. The van der Waals surface area contributed by atoms with E-state index in [4.69, 9.17) is 9.88 Å². The summed E-state index contributed by atoms with van der Waals surface area (Å²) in [4.78, 5) is 12.1. The zero-order valence-corrected chi connectivity index (χ0v) is 14.0. The van der Waals surface area contributed by atoms with Crippen molar-refractivity contribution in [1.82, 2.24) is 5.32 Å². The van der Waals surface area contributed by atoms with E-state index in [1.54, 1.807) is 13.2 Å². The molecular weight excluding hydrogens is 360 g/mol. The van der Waals surface area contributed by atoms with Gasteiger partial charge in [-0.3, -0.25) is 4.79 Å². The SMILES string of the molecule is COC1(CNC(=O)c2cc(Br)cc(S(N)(=O)=O)c2)CCC1. The van der Waals surface area contributed by atoms with Gasteiger partial charge in [-0.05, 0) is 37.5 Å². The van der Waals surface area contributed by atoms with Gasteiger partial charge in [0.15, 0.2) is 0 Å². The molecule has 3 N–H and O–H groups in total. The largest absolute Gasteiger partial charge is 0.376 e. The maximum absolute atomic E-state index is 12.2. The number of hydrogen-bond acceptors (Lipinski definition) is 4. The number of hydrogen-bond donors (Lipinski definition) is 2. The van der Waals surface area contributed by atoms with E-state index in [0.717, 1.165) is 19.3 Å². The smallest absolute Gasteiger partial charge is 0.251 e. The zero-order valence-electron chi connectivity index (χ0n) is 11.6. The third-order valence-corrected chi connectivity index (χ3v) is 5.08. The standard InChI is InChI=1S/C13H17BrN2O4S/c1-20-13(3-2-4-13)8-16-12(17)9-5-10(14)7-11(6-9)21(15,18)19/h5-7H,2-4,8H2,1H3,(H,16,17)(H2,15,18,19). The van der Waals surface area contributed by atoms with Crippen molar-refractivity contribution in [2.24, 2.45) is 5.14 Å². The molecule has 1 fully saturated rings. The van der Waals surface area contributed by atoms with Gasteiger partial charge in [0, 0.05) is 23.7 Å². The van der Waals surface area contributed by atoms with Crippen LogP contribution in [0.2, 0.25) is 0 Å². The third-order valence-electron chi connectivity index (χ3n) is 3.73. The molecule has 21 heavy (non-hydrogen) atoms. The van der Waals surface area contributed by atoms with E-state index in [2.05, 4.69) is 21.2 Å². The van der Waals surface area contributed by atoms with Crippen molar-refractivity contribution in [1.29, 1.82) is 0 Å². The van der Waals surface area contributed by atoms with Gasteiger partial charge in [-0.15, -0.1) is 0 Å². The second-order valence-corrected chi connectivity index (χ2v) is 7.62. The highest BCUT2D eigenvalue weighted by atomic mass is 79.9. The van der Waals surface area contributed by atoms with Crippen molar-refractivity contribution in [3.8, 4) is 0 Å². The molecule has 6 nitrogen and oxygen atoms in total. The van der Waals surface area contributed by atoms with Gasteiger partial charge in [-0.25, -0.2) is 13.6 Å². The van der Waals surface area contributed by atoms with Gasteiger partial charge in [-0.2, -0.15) is 0 Å². The summed E-state index contributed by atoms with van der Waals surface area (Å²) in [6.45, 7) is 0.402. The Bertz CT molecular complexity index is 651. The Morgan fingerprint density at radius 3 is 2.57 bits per heavy atom. The molecule has 8 heteroatoms. The highest BCUT2D eigenvalue weighted by Gasteiger charge is 2.37. The lowest BCUT2D eigenvalue weighted by Crippen LogP contribution is -2.49. The number of nitrogens with one attached hydrogen (secondary N) is 1. The van der Waals surface area contributed by atoms with E-state index < -0.39 is 10.0 Å². The quantitative estimate of drug-likeness (QED) is 0.810. The van der Waals surface area contributed by atoms with Crippen LogP contribution in [0.25, 0.3) is 0 Å². The number of carbonyl (C=O) groups is 1. The summed E-state index contributed by atoms with van der Waals surface area (Å²) in [6, 6.07) is 4.16. The minimum atomic E-state index is -3.86. The first-order chi connectivity index (χ1) is 9.76. The van der Waals surface area contributed by atoms with Gasteiger partial charge in [0.25, 0.3) is 5.91 Å². The summed E-state index contributed by atoms with van der Waals surface area (Å²) in [7, 11) is -2.23. The number of carbonyl (C=O) groups excluding carboxylic acids is 1. The van der Waals surface area contributed by atoms with Gasteiger partial charge in [-0.1, -0.05) is 15.9 Å². The van der Waals surface area contributed by atoms with E-state index in [1.165, 1.54) is 12.1 Å². The van der Waals surface area contributed by atoms with Crippen LogP contribution in [-0.2, 0) is 14.8 Å². The molecule has 0 atom stereocenters. The maximum Gasteiger partial charge on any atom is 0.251 e. The number of rotatable bonds is 5. The van der Waals surface area contributed by atoms with Crippen LogP contribution in [0.15, 0.2) is 27.6 Å². The number of primary sulfonamides is 1. The molecule has 1 aromatic carbocycles. The number of nitrogens with two attached hydrogens (primary N) is 1. The van der Waals surface area contributed by atoms with Gasteiger partial charge < -0.3 is 10.1 Å². The minimum absolute atomic E-state index is 0.105. The lowest BCUT2D eigenvalue weighted by Gasteiger charge is -2.40. The summed E-state index contributed by atoms with van der Waals surface area (Å²) in [5.41, 5.74) is -0.0521. The van der Waals surface area contributed by atoms with Crippen LogP contribution in [0.4, 0.5) is 0 Å². The summed E-state index contributed by atoms with van der Waals surface area (Å²) in [5, 5.41) is 7.87. The Balaban J connectivity index is 2.14. The van der Waals surface area contributed by atoms with Crippen molar-refractivity contribution < 1.29 is 17.9 Å². The highest BCUT2D eigenvalue weighted by molar-refractivity contribution is 9.10. The van der Waals surface area contributed by atoms with E-state index in [-0.39, 0.29) is 22.0 Å². The van der Waals surface area contributed by atoms with Crippen molar-refractivity contribution >= 4 is 31.9 Å². The van der Waals surface area contributed by atoms with Gasteiger partial charge >= 0.3 is 0 Å². The van der Waals surface area contributed by atoms with E-state index >= 15 is 0 Å². The second-order valence-electron chi connectivity index (χ2n) is 5.14. The van der Waals surface area contributed by atoms with Gasteiger partial charge in [0.05, 0.1) is 10.5 Å². The van der Waals surface area contributed by atoms with Gasteiger partial charge in [0.1, 0.15) is 0 Å². The van der Waals surface area contributed by atoms with Crippen molar-refractivity contribution in [3.05, 3.63) is 28.2 Å². The Morgan fingerprint density at radius 1 is 1.43 bits per heavy atom. The first-order valence-corrected chi connectivity index (χ1v) is 8.76. The highest BCUT2D eigenvalue weighted by Crippen LogP contribution is 2.34. The number of methoxy groups -OCH3 is 1. The van der Waals surface area contributed by atoms with E-state index in [9.17, 15) is 13.2 Å². The minimum Gasteiger partial charge on any atom is -0.376 e. The lowest BCUT2D eigenvalue weighted by molar-refractivity contribution is -0.0679. The predicted molar refractivity (Wildman–Crippen MR) is 81.4 cm³/mol. The molecule has 116 valence electrons. The first kappa shape index (κ1) is 16.4. The second kappa shape index (κ2) is 6.04. The average Bonchev–Trinajstić information content (AvgIpc) is 2.36. The predicted octanol–water partition coefficient (Wildman–Crippen LogP) is 1.40. The number of ether oxygens (including phenoxy) is 1. The molecule has 0 spiro atoms. The molecule has 0 unspecified atom stereocenters. The molecule has 1 saturated carbocycles. The molecule has 2 rings (SSSR count). The Morgan fingerprint density at radius 2 is 2.10 bits per heavy atom. The van der Waals surface area contributed by atoms with E-state index in [0.29, 0.717) is 11.0 Å². The van der Waals surface area contributed by atoms with Crippen LogP contribution in [0.1, 0.15) is 29.6 Å². The molecule has 0 radical (unpaired) electrons. The fourth-order valence-corrected chi connectivity index (χ4v) is 3.45. The van der Waals surface area contributed by atoms with Crippen LogP contribution < -0.4 is 10.5 Å². The van der Waals surface area contributed by atoms with Crippen LogP contribution in [0, 0.1) is 0 Å². The maximum atomic E-state index is 12.2. The normalized spacial score (nSPS) is 17.1. The Hall–Kier alpha value is -0.960.